The monoisotopic (exact) mass is 433 g/mol. The van der Waals surface area contributed by atoms with Crippen LogP contribution in [0.15, 0.2) is 0 Å². The molecule has 0 aromatic carbocycles. The van der Waals surface area contributed by atoms with Gasteiger partial charge in [-0.15, -0.1) is 0 Å². The minimum Gasteiger partial charge on any atom is -0.323 e. The van der Waals surface area contributed by atoms with E-state index in [1.165, 1.54) is 0 Å². The van der Waals surface area contributed by atoms with Crippen LogP contribution in [0.2, 0.25) is 0 Å². The van der Waals surface area contributed by atoms with Gasteiger partial charge in [0.25, 0.3) is 0 Å². The molecule has 160 valence electrons. The van der Waals surface area contributed by atoms with Crippen LogP contribution in [0, 0.1) is 0 Å². The summed E-state index contributed by atoms with van der Waals surface area (Å²) in [5, 5.41) is -4.38. The van der Waals surface area contributed by atoms with Crippen molar-refractivity contribution in [1.29, 1.82) is 0 Å². The number of unbranched alkanes of at least 4 members (excludes halogenated alkanes) is 1. The zero-order valence-corrected chi connectivity index (χ0v) is 14.4. The Morgan fingerprint density at radius 3 is 1.42 bits per heavy atom. The Kier molecular flexibility index (Phi) is 8.91. The zero-order valence-electron chi connectivity index (χ0n) is 13.6. The van der Waals surface area contributed by atoms with Crippen molar-refractivity contribution in [2.24, 2.45) is 0 Å². The van der Waals surface area contributed by atoms with Gasteiger partial charge in [0, 0.05) is 6.42 Å². The van der Waals surface area contributed by atoms with Crippen molar-refractivity contribution in [3.63, 3.8) is 0 Å². The third-order valence-corrected chi connectivity index (χ3v) is 3.69. The predicted octanol–water partition coefficient (Wildman–Crippen LogP) is 4.03. The highest BCUT2D eigenvalue weighted by Gasteiger charge is 2.88. The number of hydrogen-bond donors (Lipinski definition) is 2. The van der Waals surface area contributed by atoms with Crippen molar-refractivity contribution in [2.45, 2.75) is 55.1 Å². The van der Waals surface area contributed by atoms with E-state index in [-0.39, 0.29) is 6.42 Å². The van der Waals surface area contributed by atoms with Gasteiger partial charge in [-0.3, -0.25) is 4.55 Å². The highest BCUT2D eigenvalue weighted by atomic mass is 32.2. The third kappa shape index (κ3) is 4.71. The van der Waals surface area contributed by atoms with Crippen molar-refractivity contribution in [2.75, 3.05) is 14.1 Å². The average molecular weight is 433 g/mol. The van der Waals surface area contributed by atoms with E-state index in [0.717, 1.165) is 6.92 Å². The van der Waals surface area contributed by atoms with Crippen LogP contribution in [0.5, 0.6) is 0 Å². The average Bonchev–Trinajstić information content (AvgIpc) is 2.43. The SMILES string of the molecule is CCCCC(F)(F)C(F)(F)C(F)(F)C(F)(F)C(F)(F)S(=O)(=O)O.CNC. The fraction of sp³-hybridized carbons (Fsp3) is 1.00. The van der Waals surface area contributed by atoms with E-state index >= 15 is 0 Å². The molecule has 0 fully saturated rings. The lowest BCUT2D eigenvalue weighted by atomic mass is 9.95. The second-order valence-electron chi connectivity index (χ2n) is 5.02. The molecule has 0 aromatic rings. The van der Waals surface area contributed by atoms with E-state index in [1.54, 1.807) is 0 Å². The van der Waals surface area contributed by atoms with Gasteiger partial charge in [0.05, 0.1) is 0 Å². The molecule has 0 rings (SSSR count). The Labute approximate surface area is 142 Å². The van der Waals surface area contributed by atoms with E-state index < -0.39 is 51.9 Å². The maximum atomic E-state index is 13.1. The Morgan fingerprint density at radius 2 is 1.15 bits per heavy atom. The molecule has 0 aromatic heterocycles. The van der Waals surface area contributed by atoms with Gasteiger partial charge in [-0.25, -0.2) is 0 Å². The van der Waals surface area contributed by atoms with Gasteiger partial charge < -0.3 is 5.32 Å². The Morgan fingerprint density at radius 1 is 0.808 bits per heavy atom. The summed E-state index contributed by atoms with van der Waals surface area (Å²) in [4.78, 5) is 0. The van der Waals surface area contributed by atoms with Crippen LogP contribution in [0.1, 0.15) is 26.2 Å². The Hall–Kier alpha value is -0.830. The van der Waals surface area contributed by atoms with Crippen LogP contribution < -0.4 is 5.32 Å². The molecule has 26 heavy (non-hydrogen) atoms. The first-order chi connectivity index (χ1) is 11.2. The topological polar surface area (TPSA) is 66.4 Å². The van der Waals surface area contributed by atoms with Crippen LogP contribution in [0.25, 0.3) is 0 Å². The molecule has 0 unspecified atom stereocenters. The molecule has 0 radical (unpaired) electrons. The highest BCUT2D eigenvalue weighted by molar-refractivity contribution is 7.87. The normalized spacial score (nSPS) is 14.7. The van der Waals surface area contributed by atoms with Crippen LogP contribution in [0.3, 0.4) is 0 Å². The summed E-state index contributed by atoms with van der Waals surface area (Å²) in [6.07, 6.45) is -3.12. The van der Waals surface area contributed by atoms with Crippen molar-refractivity contribution >= 4 is 10.1 Å². The minimum absolute atomic E-state index is 0.241. The molecule has 4 nitrogen and oxygen atoms in total. The van der Waals surface area contributed by atoms with E-state index in [4.69, 9.17) is 4.55 Å². The molecule has 0 aliphatic rings. The Bertz CT molecular complexity index is 550. The van der Waals surface area contributed by atoms with Crippen LogP contribution in [-0.2, 0) is 10.1 Å². The molecule has 0 aliphatic heterocycles. The van der Waals surface area contributed by atoms with Crippen molar-refractivity contribution in [3.8, 4) is 0 Å². The fourth-order valence-electron chi connectivity index (χ4n) is 1.33. The maximum absolute atomic E-state index is 13.1. The van der Waals surface area contributed by atoms with Crippen molar-refractivity contribution < 1.29 is 56.9 Å². The summed E-state index contributed by atoms with van der Waals surface area (Å²) < 4.78 is 158. The molecule has 0 amide bonds. The molecule has 0 saturated carbocycles. The smallest absolute Gasteiger partial charge is 0.323 e. The van der Waals surface area contributed by atoms with E-state index in [0.29, 0.717) is 0 Å². The minimum atomic E-state index is -7.52. The largest absolute Gasteiger partial charge is 0.438 e. The van der Waals surface area contributed by atoms with Crippen molar-refractivity contribution in [1.82, 2.24) is 5.32 Å². The van der Waals surface area contributed by atoms with Gasteiger partial charge in [-0.1, -0.05) is 13.3 Å². The summed E-state index contributed by atoms with van der Waals surface area (Å²) in [5.41, 5.74) is 0. The molecular weight excluding hydrogens is 416 g/mol. The number of halogens is 10. The summed E-state index contributed by atoms with van der Waals surface area (Å²) >= 11 is 0. The summed E-state index contributed by atoms with van der Waals surface area (Å²) in [6, 6.07) is 0. The van der Waals surface area contributed by atoms with E-state index in [2.05, 4.69) is 5.32 Å². The predicted molar refractivity (Wildman–Crippen MR) is 70.8 cm³/mol. The number of alkyl halides is 10. The molecule has 0 atom stereocenters. The second-order valence-corrected chi connectivity index (χ2v) is 6.49. The molecule has 0 aliphatic carbocycles. The van der Waals surface area contributed by atoms with E-state index in [9.17, 15) is 52.3 Å². The van der Waals surface area contributed by atoms with Crippen LogP contribution in [-0.4, -0.2) is 56.0 Å². The van der Waals surface area contributed by atoms with Gasteiger partial charge in [-0.05, 0) is 20.5 Å². The number of rotatable bonds is 8. The number of nitrogens with one attached hydrogen (secondary N) is 1. The van der Waals surface area contributed by atoms with Crippen LogP contribution >= 0.6 is 0 Å². The standard InChI is InChI=1S/C9H10F10O3S.C2H7N/c1-2-3-4-5(10,11)6(12,13)7(14,15)8(16,17)9(18,19)23(20,21)22;1-3-2/h2-4H2,1H3,(H,20,21,22);3H,1-2H3. The molecular formula is C11H17F10NO3S. The van der Waals surface area contributed by atoms with Gasteiger partial charge >= 0.3 is 39.1 Å². The van der Waals surface area contributed by atoms with Gasteiger partial charge in [0.15, 0.2) is 0 Å². The van der Waals surface area contributed by atoms with E-state index in [1.807, 2.05) is 14.1 Å². The Balaban J connectivity index is 0. The summed E-state index contributed by atoms with van der Waals surface area (Å²) in [7, 11) is -3.56. The summed E-state index contributed by atoms with van der Waals surface area (Å²) in [5.74, 6) is -27.9. The number of hydrogen-bond acceptors (Lipinski definition) is 3. The molecule has 0 heterocycles. The summed E-state index contributed by atoms with van der Waals surface area (Å²) in [6.45, 7) is 1.16. The third-order valence-electron chi connectivity index (χ3n) is 2.78. The molecule has 2 N–H and O–H groups in total. The first-order valence-corrected chi connectivity index (χ1v) is 8.11. The van der Waals surface area contributed by atoms with Gasteiger partial charge in [-0.2, -0.15) is 52.3 Å². The lowest BCUT2D eigenvalue weighted by Crippen LogP contribution is -2.68. The fourth-order valence-corrected chi connectivity index (χ4v) is 1.78. The highest BCUT2D eigenvalue weighted by Crippen LogP contribution is 2.58. The van der Waals surface area contributed by atoms with Crippen molar-refractivity contribution in [3.05, 3.63) is 0 Å². The first-order valence-electron chi connectivity index (χ1n) is 6.67. The first kappa shape index (κ1) is 27.4. The molecule has 0 spiro atoms. The second kappa shape index (κ2) is 8.46. The van der Waals surface area contributed by atoms with Gasteiger partial charge in [0.2, 0.25) is 0 Å². The zero-order chi connectivity index (χ0) is 21.8. The molecule has 0 bridgehead atoms. The lowest BCUT2D eigenvalue weighted by molar-refractivity contribution is -0.390. The quantitative estimate of drug-likeness (QED) is 0.448. The van der Waals surface area contributed by atoms with Gasteiger partial charge in [0.1, 0.15) is 0 Å². The maximum Gasteiger partial charge on any atom is 0.438 e. The van der Waals surface area contributed by atoms with Crippen LogP contribution in [0.4, 0.5) is 43.9 Å². The molecule has 0 saturated heterocycles. The molecule has 15 heteroatoms. The lowest BCUT2D eigenvalue weighted by Gasteiger charge is -2.38.